The molecule has 2 heterocycles. The number of benzene rings is 1. The van der Waals surface area contributed by atoms with Crippen molar-refractivity contribution in [1.29, 1.82) is 0 Å². The molecule has 4 N–H and O–H groups in total. The number of hydrazone groups is 1. The maximum absolute atomic E-state index is 5.53. The number of nitrogen functional groups attached to an aromatic ring is 1. The van der Waals surface area contributed by atoms with Crippen LogP contribution in [0, 0.1) is 0 Å². The summed E-state index contributed by atoms with van der Waals surface area (Å²) in [6, 6.07) is 8.01. The molecule has 0 aliphatic rings. The average molecular weight is 284 g/mol. The summed E-state index contributed by atoms with van der Waals surface area (Å²) in [6.07, 6.45) is 5.38. The zero-order chi connectivity index (χ0) is 13.8. The first-order valence-corrected chi connectivity index (χ1v) is 6.78. The molecule has 20 heavy (non-hydrogen) atoms. The molecule has 0 aliphatic carbocycles. The summed E-state index contributed by atoms with van der Waals surface area (Å²) in [5, 5.41) is 13.3. The van der Waals surface area contributed by atoms with Gasteiger partial charge in [-0.25, -0.2) is 4.98 Å². The first-order chi connectivity index (χ1) is 9.81. The molecular formula is C13H12N6S. The lowest BCUT2D eigenvalue weighted by Gasteiger charge is -1.99. The van der Waals surface area contributed by atoms with E-state index >= 15 is 0 Å². The van der Waals surface area contributed by atoms with Crippen molar-refractivity contribution < 1.29 is 0 Å². The number of hydrogen-bond donors (Lipinski definition) is 3. The highest BCUT2D eigenvalue weighted by Crippen LogP contribution is 2.18. The Bertz CT molecular complexity index is 716. The number of aromatic nitrogens is 3. The largest absolute Gasteiger partial charge is 0.383 e. The Hall–Kier alpha value is -2.67. The summed E-state index contributed by atoms with van der Waals surface area (Å²) in [6.45, 7) is 0. The van der Waals surface area contributed by atoms with Crippen LogP contribution in [0.5, 0.6) is 0 Å². The van der Waals surface area contributed by atoms with Crippen molar-refractivity contribution in [2.24, 2.45) is 5.10 Å². The van der Waals surface area contributed by atoms with Gasteiger partial charge < -0.3 is 5.73 Å². The highest BCUT2D eigenvalue weighted by molar-refractivity contribution is 7.14. The lowest BCUT2D eigenvalue weighted by Crippen LogP contribution is -1.91. The molecule has 0 unspecified atom stereocenters. The first-order valence-electron chi connectivity index (χ1n) is 5.90. The molecule has 0 atom stereocenters. The van der Waals surface area contributed by atoms with Gasteiger partial charge in [0, 0.05) is 17.1 Å². The summed E-state index contributed by atoms with van der Waals surface area (Å²) in [5.41, 5.74) is 11.5. The van der Waals surface area contributed by atoms with Gasteiger partial charge in [-0.2, -0.15) is 10.2 Å². The third kappa shape index (κ3) is 2.83. The van der Waals surface area contributed by atoms with E-state index in [1.54, 1.807) is 17.8 Å². The number of rotatable bonds is 4. The van der Waals surface area contributed by atoms with E-state index in [4.69, 9.17) is 5.73 Å². The second-order valence-corrected chi connectivity index (χ2v) is 4.92. The van der Waals surface area contributed by atoms with E-state index in [2.05, 4.69) is 25.7 Å². The lowest BCUT2D eigenvalue weighted by molar-refractivity contribution is 1.09. The van der Waals surface area contributed by atoms with Crippen molar-refractivity contribution in [2.45, 2.75) is 0 Å². The van der Waals surface area contributed by atoms with Crippen molar-refractivity contribution in [1.82, 2.24) is 15.2 Å². The average Bonchev–Trinajstić information content (AvgIpc) is 3.11. The van der Waals surface area contributed by atoms with E-state index in [0.29, 0.717) is 10.9 Å². The minimum atomic E-state index is 0.495. The van der Waals surface area contributed by atoms with E-state index in [1.165, 1.54) is 11.3 Å². The zero-order valence-electron chi connectivity index (χ0n) is 10.4. The first kappa shape index (κ1) is 12.4. The molecule has 0 fully saturated rings. The fourth-order valence-electron chi connectivity index (χ4n) is 1.71. The number of anilines is 2. The van der Waals surface area contributed by atoms with Gasteiger partial charge in [-0.1, -0.05) is 18.2 Å². The van der Waals surface area contributed by atoms with Gasteiger partial charge >= 0.3 is 0 Å². The molecule has 0 saturated carbocycles. The van der Waals surface area contributed by atoms with Gasteiger partial charge in [-0.15, -0.1) is 11.3 Å². The molecule has 0 amide bonds. The summed E-state index contributed by atoms with van der Waals surface area (Å²) >= 11 is 1.41. The second kappa shape index (κ2) is 5.54. The second-order valence-electron chi connectivity index (χ2n) is 4.06. The highest BCUT2D eigenvalue weighted by atomic mass is 32.1. The number of nitrogens with one attached hydrogen (secondary N) is 2. The molecule has 100 valence electrons. The third-order valence-corrected chi connectivity index (χ3v) is 3.38. The molecule has 0 aliphatic heterocycles. The van der Waals surface area contributed by atoms with Crippen LogP contribution in [0.15, 0.2) is 47.1 Å². The summed E-state index contributed by atoms with van der Waals surface area (Å²) < 4.78 is 0. The van der Waals surface area contributed by atoms with Crippen LogP contribution in [0.25, 0.3) is 11.1 Å². The number of hydrogen-bond acceptors (Lipinski definition) is 6. The van der Waals surface area contributed by atoms with Gasteiger partial charge in [0.25, 0.3) is 0 Å². The predicted molar refractivity (Wildman–Crippen MR) is 81.8 cm³/mol. The van der Waals surface area contributed by atoms with Crippen LogP contribution in [0.3, 0.4) is 0 Å². The number of nitrogens with zero attached hydrogens (tertiary/aromatic N) is 3. The number of H-pyrrole nitrogens is 1. The fraction of sp³-hybridized carbons (Fsp3) is 0. The Morgan fingerprint density at radius 1 is 1.35 bits per heavy atom. The van der Waals surface area contributed by atoms with Crippen molar-refractivity contribution in [2.75, 3.05) is 11.2 Å². The van der Waals surface area contributed by atoms with Crippen LogP contribution in [-0.4, -0.2) is 21.4 Å². The molecule has 7 heteroatoms. The minimum absolute atomic E-state index is 0.495. The Kier molecular flexibility index (Phi) is 3.42. The van der Waals surface area contributed by atoms with Crippen LogP contribution in [0.4, 0.5) is 10.9 Å². The monoisotopic (exact) mass is 284 g/mol. The maximum atomic E-state index is 5.53. The standard InChI is InChI=1S/C13H12N6S/c14-12-8-20-13(18-12)19-17-5-9-2-1-3-10(4-9)11-6-15-16-7-11/h1-8H,14H2,(H,15,16)(H,18,19). The topological polar surface area (TPSA) is 92.0 Å². The molecule has 3 rings (SSSR count). The molecule has 0 bridgehead atoms. The molecule has 0 radical (unpaired) electrons. The fourth-order valence-corrected chi connectivity index (χ4v) is 2.26. The van der Waals surface area contributed by atoms with Gasteiger partial charge in [0.2, 0.25) is 5.13 Å². The molecule has 2 aromatic heterocycles. The predicted octanol–water partition coefficient (Wildman–Crippen LogP) is 2.56. The van der Waals surface area contributed by atoms with E-state index in [0.717, 1.165) is 16.7 Å². The highest BCUT2D eigenvalue weighted by Gasteiger charge is 1.99. The van der Waals surface area contributed by atoms with Crippen LogP contribution < -0.4 is 11.2 Å². The van der Waals surface area contributed by atoms with Gasteiger partial charge in [0.1, 0.15) is 5.82 Å². The van der Waals surface area contributed by atoms with Crippen LogP contribution >= 0.6 is 11.3 Å². The zero-order valence-corrected chi connectivity index (χ0v) is 11.3. The third-order valence-electron chi connectivity index (χ3n) is 2.61. The van der Waals surface area contributed by atoms with Gasteiger partial charge in [0.15, 0.2) is 0 Å². The Morgan fingerprint density at radius 3 is 3.05 bits per heavy atom. The van der Waals surface area contributed by atoms with E-state index in [-0.39, 0.29) is 0 Å². The van der Waals surface area contributed by atoms with Gasteiger partial charge in [-0.05, 0) is 17.2 Å². The summed E-state index contributed by atoms with van der Waals surface area (Å²) in [5.74, 6) is 0.495. The van der Waals surface area contributed by atoms with Crippen molar-refractivity contribution in [3.8, 4) is 11.1 Å². The molecular weight excluding hydrogens is 272 g/mol. The van der Waals surface area contributed by atoms with Crippen LogP contribution in [0.1, 0.15) is 5.56 Å². The molecule has 0 saturated heterocycles. The molecule has 6 nitrogen and oxygen atoms in total. The Labute approximate surface area is 119 Å². The summed E-state index contributed by atoms with van der Waals surface area (Å²) in [7, 11) is 0. The van der Waals surface area contributed by atoms with Gasteiger partial charge in [-0.3, -0.25) is 10.5 Å². The summed E-state index contributed by atoms with van der Waals surface area (Å²) in [4.78, 5) is 4.06. The maximum Gasteiger partial charge on any atom is 0.205 e. The van der Waals surface area contributed by atoms with Crippen molar-refractivity contribution in [3.05, 3.63) is 47.6 Å². The van der Waals surface area contributed by atoms with E-state index in [9.17, 15) is 0 Å². The Balaban J connectivity index is 1.73. The van der Waals surface area contributed by atoms with Crippen LogP contribution in [0.2, 0.25) is 0 Å². The lowest BCUT2D eigenvalue weighted by atomic mass is 10.1. The molecule has 3 aromatic rings. The van der Waals surface area contributed by atoms with Crippen LogP contribution in [-0.2, 0) is 0 Å². The minimum Gasteiger partial charge on any atom is -0.383 e. The quantitative estimate of drug-likeness (QED) is 0.507. The van der Waals surface area contributed by atoms with Crippen molar-refractivity contribution in [3.63, 3.8) is 0 Å². The molecule has 0 spiro atoms. The normalized spacial score (nSPS) is 11.0. The Morgan fingerprint density at radius 2 is 2.30 bits per heavy atom. The number of thiazole rings is 1. The van der Waals surface area contributed by atoms with E-state index in [1.807, 2.05) is 30.5 Å². The van der Waals surface area contributed by atoms with Crippen molar-refractivity contribution >= 4 is 28.5 Å². The van der Waals surface area contributed by atoms with E-state index < -0.39 is 0 Å². The number of aromatic amines is 1. The number of nitrogens with two attached hydrogens (primary N) is 1. The van der Waals surface area contributed by atoms with Gasteiger partial charge in [0.05, 0.1) is 12.4 Å². The smallest absolute Gasteiger partial charge is 0.205 e. The SMILES string of the molecule is Nc1csc(NN=Cc2cccc(-c3cn[nH]c3)c2)n1. The molecule has 1 aromatic carbocycles.